The van der Waals surface area contributed by atoms with Crippen LogP contribution in [0.15, 0.2) is 24.3 Å². The van der Waals surface area contributed by atoms with Gasteiger partial charge in [-0.25, -0.2) is 0 Å². The molecule has 0 aromatic heterocycles. The lowest BCUT2D eigenvalue weighted by Crippen LogP contribution is -2.39. The van der Waals surface area contributed by atoms with Crippen molar-refractivity contribution in [3.63, 3.8) is 0 Å². The summed E-state index contributed by atoms with van der Waals surface area (Å²) in [6.45, 7) is 6.02. The molecule has 2 aliphatic rings. The standard InChI is InChI=1S/C11H17N/c1-2-12-8-7-10-5-3-4-6-11(10)9-12/h3-6,10-11H,2,7-9H2,1H3. The molecule has 0 saturated carbocycles. The van der Waals surface area contributed by atoms with Crippen LogP contribution in [0.3, 0.4) is 0 Å². The number of nitrogens with zero attached hydrogens (tertiary/aromatic N) is 1. The van der Waals surface area contributed by atoms with Crippen LogP contribution in [0, 0.1) is 11.8 Å². The predicted molar refractivity (Wildman–Crippen MR) is 52.0 cm³/mol. The molecule has 2 rings (SSSR count). The van der Waals surface area contributed by atoms with E-state index in [2.05, 4.69) is 36.1 Å². The molecule has 2 atom stereocenters. The van der Waals surface area contributed by atoms with E-state index in [4.69, 9.17) is 0 Å². The highest BCUT2D eigenvalue weighted by Crippen LogP contribution is 2.27. The van der Waals surface area contributed by atoms with Gasteiger partial charge in [0.25, 0.3) is 0 Å². The van der Waals surface area contributed by atoms with E-state index in [1.54, 1.807) is 0 Å². The Kier molecular flexibility index (Phi) is 2.31. The smallest absolute Gasteiger partial charge is 0.00500 e. The minimum Gasteiger partial charge on any atom is -0.303 e. The molecular weight excluding hydrogens is 146 g/mol. The Morgan fingerprint density at radius 3 is 2.75 bits per heavy atom. The van der Waals surface area contributed by atoms with Gasteiger partial charge < -0.3 is 4.90 Å². The number of allylic oxidation sites excluding steroid dienone is 3. The van der Waals surface area contributed by atoms with Gasteiger partial charge in [0.1, 0.15) is 0 Å². The monoisotopic (exact) mass is 163 g/mol. The maximum absolute atomic E-state index is 2.55. The third kappa shape index (κ3) is 1.46. The SMILES string of the molecule is CCN1CCC2C=CC=CC2C1. The second-order valence-electron chi connectivity index (χ2n) is 3.78. The molecule has 0 spiro atoms. The lowest BCUT2D eigenvalue weighted by Gasteiger charge is -2.36. The first-order chi connectivity index (χ1) is 5.90. The molecule has 2 unspecified atom stereocenters. The molecule has 0 bridgehead atoms. The van der Waals surface area contributed by atoms with E-state index in [9.17, 15) is 0 Å². The molecule has 1 nitrogen and oxygen atoms in total. The molecule has 0 radical (unpaired) electrons. The zero-order chi connectivity index (χ0) is 8.39. The first-order valence-corrected chi connectivity index (χ1v) is 4.97. The van der Waals surface area contributed by atoms with Gasteiger partial charge in [-0.3, -0.25) is 0 Å². The summed E-state index contributed by atoms with van der Waals surface area (Å²) in [7, 11) is 0. The molecule has 0 N–H and O–H groups in total. The summed E-state index contributed by atoms with van der Waals surface area (Å²) >= 11 is 0. The van der Waals surface area contributed by atoms with Gasteiger partial charge in [0.2, 0.25) is 0 Å². The molecule has 66 valence electrons. The molecule has 1 heterocycles. The maximum atomic E-state index is 2.55. The average molecular weight is 163 g/mol. The summed E-state index contributed by atoms with van der Waals surface area (Å²) in [5.74, 6) is 1.63. The van der Waals surface area contributed by atoms with Gasteiger partial charge >= 0.3 is 0 Å². The molecule has 0 amide bonds. The molecule has 1 aliphatic heterocycles. The van der Waals surface area contributed by atoms with E-state index in [1.807, 2.05) is 0 Å². The van der Waals surface area contributed by atoms with Gasteiger partial charge in [0, 0.05) is 6.54 Å². The van der Waals surface area contributed by atoms with Gasteiger partial charge in [0.05, 0.1) is 0 Å². The second-order valence-corrected chi connectivity index (χ2v) is 3.78. The van der Waals surface area contributed by atoms with Crippen LogP contribution in [-0.2, 0) is 0 Å². The highest BCUT2D eigenvalue weighted by molar-refractivity contribution is 5.15. The minimum absolute atomic E-state index is 0.795. The van der Waals surface area contributed by atoms with E-state index < -0.39 is 0 Å². The normalized spacial score (nSPS) is 35.1. The molecule has 1 heteroatoms. The van der Waals surface area contributed by atoms with Gasteiger partial charge in [0.15, 0.2) is 0 Å². The van der Waals surface area contributed by atoms with Crippen molar-refractivity contribution in [1.82, 2.24) is 4.90 Å². The van der Waals surface area contributed by atoms with Crippen molar-refractivity contribution in [3.05, 3.63) is 24.3 Å². The van der Waals surface area contributed by atoms with Crippen LogP contribution < -0.4 is 0 Å². The largest absolute Gasteiger partial charge is 0.303 e. The fourth-order valence-corrected chi connectivity index (χ4v) is 2.21. The third-order valence-electron chi connectivity index (χ3n) is 3.07. The van der Waals surface area contributed by atoms with Crippen LogP contribution in [-0.4, -0.2) is 24.5 Å². The Hall–Kier alpha value is -0.560. The molecule has 0 aromatic carbocycles. The zero-order valence-electron chi connectivity index (χ0n) is 7.74. The van der Waals surface area contributed by atoms with Crippen LogP contribution in [0.1, 0.15) is 13.3 Å². The van der Waals surface area contributed by atoms with Crippen LogP contribution in [0.2, 0.25) is 0 Å². The van der Waals surface area contributed by atoms with Gasteiger partial charge in [-0.05, 0) is 31.3 Å². The topological polar surface area (TPSA) is 3.24 Å². The third-order valence-corrected chi connectivity index (χ3v) is 3.07. The highest BCUT2D eigenvalue weighted by atomic mass is 15.1. The lowest BCUT2D eigenvalue weighted by atomic mass is 9.83. The van der Waals surface area contributed by atoms with E-state index in [0.717, 1.165) is 11.8 Å². The number of rotatable bonds is 1. The fraction of sp³-hybridized carbons (Fsp3) is 0.636. The summed E-state index contributed by atoms with van der Waals surface area (Å²) < 4.78 is 0. The summed E-state index contributed by atoms with van der Waals surface area (Å²) in [5.41, 5.74) is 0. The van der Waals surface area contributed by atoms with Crippen molar-refractivity contribution < 1.29 is 0 Å². The average Bonchev–Trinajstić information content (AvgIpc) is 2.17. The maximum Gasteiger partial charge on any atom is 0.00500 e. The Labute approximate surface area is 74.8 Å². The lowest BCUT2D eigenvalue weighted by molar-refractivity contribution is 0.172. The Balaban J connectivity index is 2.00. The van der Waals surface area contributed by atoms with Crippen LogP contribution in [0.5, 0.6) is 0 Å². The number of likely N-dealkylation sites (tertiary alicyclic amines) is 1. The number of piperidine rings is 1. The number of fused-ring (bicyclic) bond motifs is 1. The predicted octanol–water partition coefficient (Wildman–Crippen LogP) is 2.07. The second kappa shape index (κ2) is 3.44. The highest BCUT2D eigenvalue weighted by Gasteiger charge is 2.25. The first-order valence-electron chi connectivity index (χ1n) is 4.97. The van der Waals surface area contributed by atoms with Crippen molar-refractivity contribution in [3.8, 4) is 0 Å². The van der Waals surface area contributed by atoms with Crippen molar-refractivity contribution in [2.24, 2.45) is 11.8 Å². The number of hydrogen-bond donors (Lipinski definition) is 0. The Bertz CT molecular complexity index is 205. The van der Waals surface area contributed by atoms with Crippen molar-refractivity contribution in [2.75, 3.05) is 19.6 Å². The summed E-state index contributed by atoms with van der Waals surface area (Å²) in [6.07, 6.45) is 10.5. The molecule has 1 aliphatic carbocycles. The molecule has 1 fully saturated rings. The van der Waals surface area contributed by atoms with Crippen molar-refractivity contribution in [1.29, 1.82) is 0 Å². The van der Waals surface area contributed by atoms with E-state index in [-0.39, 0.29) is 0 Å². The molecule has 12 heavy (non-hydrogen) atoms. The minimum atomic E-state index is 0.795. The quantitative estimate of drug-likeness (QED) is 0.572. The van der Waals surface area contributed by atoms with Crippen LogP contribution in [0.4, 0.5) is 0 Å². The van der Waals surface area contributed by atoms with E-state index in [1.165, 1.54) is 26.1 Å². The first kappa shape index (κ1) is 8.06. The van der Waals surface area contributed by atoms with Crippen molar-refractivity contribution >= 4 is 0 Å². The Morgan fingerprint density at radius 1 is 1.25 bits per heavy atom. The van der Waals surface area contributed by atoms with Gasteiger partial charge in [-0.15, -0.1) is 0 Å². The summed E-state index contributed by atoms with van der Waals surface area (Å²) in [5, 5.41) is 0. The molecule has 1 saturated heterocycles. The van der Waals surface area contributed by atoms with Gasteiger partial charge in [-0.2, -0.15) is 0 Å². The summed E-state index contributed by atoms with van der Waals surface area (Å²) in [6, 6.07) is 0. The zero-order valence-corrected chi connectivity index (χ0v) is 7.74. The van der Waals surface area contributed by atoms with Crippen LogP contribution >= 0.6 is 0 Å². The van der Waals surface area contributed by atoms with Crippen molar-refractivity contribution in [2.45, 2.75) is 13.3 Å². The number of hydrogen-bond acceptors (Lipinski definition) is 1. The summed E-state index contributed by atoms with van der Waals surface area (Å²) in [4.78, 5) is 2.55. The van der Waals surface area contributed by atoms with Gasteiger partial charge in [-0.1, -0.05) is 31.2 Å². The van der Waals surface area contributed by atoms with Crippen LogP contribution in [0.25, 0.3) is 0 Å². The van der Waals surface area contributed by atoms with E-state index in [0.29, 0.717) is 0 Å². The molecular formula is C11H17N. The fourth-order valence-electron chi connectivity index (χ4n) is 2.21. The Morgan fingerprint density at radius 2 is 2.00 bits per heavy atom. The molecule has 0 aromatic rings. The van der Waals surface area contributed by atoms with E-state index >= 15 is 0 Å².